The number of amides is 2. The fourth-order valence-electron chi connectivity index (χ4n) is 7.22. The van der Waals surface area contributed by atoms with Gasteiger partial charge in [0, 0.05) is 56.1 Å². The molecule has 4 atom stereocenters. The Balaban J connectivity index is 1.50. The highest BCUT2D eigenvalue weighted by Crippen LogP contribution is 2.31. The van der Waals surface area contributed by atoms with Gasteiger partial charge < -0.3 is 20.5 Å². The summed E-state index contributed by atoms with van der Waals surface area (Å²) in [5, 5.41) is 27.3. The number of ether oxygens (including phenoxy) is 1. The second kappa shape index (κ2) is 18.8. The summed E-state index contributed by atoms with van der Waals surface area (Å²) in [6, 6.07) is 7.09. The van der Waals surface area contributed by atoms with Gasteiger partial charge in [0.2, 0.25) is 11.8 Å². The molecule has 1 unspecified atom stereocenters. The molecule has 12 heteroatoms. The summed E-state index contributed by atoms with van der Waals surface area (Å²) in [4.78, 5) is 41.5. The zero-order valence-corrected chi connectivity index (χ0v) is 30.5. The molecule has 1 aliphatic rings. The van der Waals surface area contributed by atoms with E-state index < -0.39 is 24.0 Å². The van der Waals surface area contributed by atoms with Crippen molar-refractivity contribution in [1.82, 2.24) is 40.2 Å². The van der Waals surface area contributed by atoms with Crippen LogP contribution in [-0.4, -0.2) is 78.9 Å². The van der Waals surface area contributed by atoms with Crippen molar-refractivity contribution >= 4 is 17.5 Å². The lowest BCUT2D eigenvalue weighted by atomic mass is 9.81. The molecule has 1 fully saturated rings. The number of hydrogen-bond acceptors (Lipinski definition) is 9. The first-order chi connectivity index (χ1) is 24.8. The van der Waals surface area contributed by atoms with Crippen LogP contribution in [0.3, 0.4) is 0 Å². The van der Waals surface area contributed by atoms with Crippen LogP contribution in [0.5, 0.6) is 0 Å². The fourth-order valence-corrected chi connectivity index (χ4v) is 7.22. The van der Waals surface area contributed by atoms with E-state index in [4.69, 9.17) is 9.72 Å². The number of fused-ring (bicyclic) bond motifs is 1. The van der Waals surface area contributed by atoms with Gasteiger partial charge in [-0.15, -0.1) is 10.2 Å². The van der Waals surface area contributed by atoms with Crippen molar-refractivity contribution in [2.24, 2.45) is 17.8 Å². The second-order valence-electron chi connectivity index (χ2n) is 14.2. The summed E-state index contributed by atoms with van der Waals surface area (Å²) in [7, 11) is 1.60. The maximum Gasteiger partial charge on any atom is 0.231 e. The molecule has 0 bridgehead atoms. The van der Waals surface area contributed by atoms with E-state index in [-0.39, 0.29) is 24.2 Å². The molecule has 4 heterocycles. The molecule has 274 valence electrons. The average Bonchev–Trinajstić information content (AvgIpc) is 3.57. The van der Waals surface area contributed by atoms with Crippen LogP contribution in [0.25, 0.3) is 16.9 Å². The van der Waals surface area contributed by atoms with E-state index in [0.717, 1.165) is 54.6 Å². The van der Waals surface area contributed by atoms with Gasteiger partial charge in [0.1, 0.15) is 11.7 Å². The van der Waals surface area contributed by atoms with Gasteiger partial charge in [0.05, 0.1) is 30.1 Å². The standard InChI is InChI=1S/C39H54N8O4/c1-5-11-32-37-46-45-36(47(37)25-34(43-32)29-15-10-17-41-24-29)31(20-28-14-9-16-40-23-28)39(50)44-33(21-27-12-7-6-8-13-27)35(48)22-30(26(2)3)38(49)42-18-19-51-4/h9-10,14-17,23-27,30-31,33,35,48H,5-8,11-13,18-22H2,1-4H3,(H,42,49)(H,44,50)/t30-,31?,33-,35-/m0/s1. The quantitative estimate of drug-likeness (QED) is 0.120. The first-order valence-electron chi connectivity index (χ1n) is 18.6. The van der Waals surface area contributed by atoms with Gasteiger partial charge in [-0.3, -0.25) is 24.0 Å². The molecule has 4 aromatic rings. The van der Waals surface area contributed by atoms with Crippen molar-refractivity contribution in [2.75, 3.05) is 20.3 Å². The lowest BCUT2D eigenvalue weighted by molar-refractivity contribution is -0.128. The van der Waals surface area contributed by atoms with Crippen molar-refractivity contribution in [3.05, 3.63) is 72.3 Å². The number of aromatic nitrogens is 6. The van der Waals surface area contributed by atoms with E-state index in [1.165, 1.54) is 6.42 Å². The first-order valence-corrected chi connectivity index (χ1v) is 18.6. The van der Waals surface area contributed by atoms with Crippen molar-refractivity contribution in [2.45, 2.75) is 103 Å². The van der Waals surface area contributed by atoms with Crippen LogP contribution in [0.15, 0.2) is 55.2 Å². The average molecular weight is 699 g/mol. The molecule has 2 amide bonds. The number of nitrogens with one attached hydrogen (secondary N) is 2. The Morgan fingerprint density at radius 3 is 2.47 bits per heavy atom. The number of hydrogen-bond donors (Lipinski definition) is 3. The highest BCUT2D eigenvalue weighted by Gasteiger charge is 2.35. The Kier molecular flexibility index (Phi) is 14.0. The molecule has 4 aromatic heterocycles. The Labute approximate surface area is 301 Å². The molecule has 0 saturated heterocycles. The zero-order valence-electron chi connectivity index (χ0n) is 30.5. The van der Waals surface area contributed by atoms with Gasteiger partial charge >= 0.3 is 0 Å². The number of carbonyl (C=O) groups excluding carboxylic acids is 2. The number of aliphatic hydroxyl groups excluding tert-OH is 1. The summed E-state index contributed by atoms with van der Waals surface area (Å²) in [6.45, 7) is 6.88. The number of pyridine rings is 2. The lowest BCUT2D eigenvalue weighted by Crippen LogP contribution is -2.49. The Bertz CT molecular complexity index is 1680. The molecule has 0 spiro atoms. The van der Waals surface area contributed by atoms with Crippen molar-refractivity contribution in [3.8, 4) is 11.3 Å². The van der Waals surface area contributed by atoms with E-state index in [1.54, 1.807) is 31.9 Å². The zero-order chi connectivity index (χ0) is 36.2. The largest absolute Gasteiger partial charge is 0.391 e. The van der Waals surface area contributed by atoms with Crippen molar-refractivity contribution in [1.29, 1.82) is 0 Å². The van der Waals surface area contributed by atoms with Gasteiger partial charge in [-0.05, 0) is 61.3 Å². The molecule has 51 heavy (non-hydrogen) atoms. The smallest absolute Gasteiger partial charge is 0.231 e. The lowest BCUT2D eigenvalue weighted by Gasteiger charge is -2.33. The van der Waals surface area contributed by atoms with Crippen LogP contribution in [0.4, 0.5) is 0 Å². The Morgan fingerprint density at radius 2 is 1.80 bits per heavy atom. The van der Waals surface area contributed by atoms with Crippen LogP contribution in [0, 0.1) is 17.8 Å². The van der Waals surface area contributed by atoms with Crippen LogP contribution in [0.1, 0.15) is 95.1 Å². The first kappa shape index (κ1) is 38.0. The van der Waals surface area contributed by atoms with Crippen LogP contribution in [0.2, 0.25) is 0 Å². The molecule has 5 rings (SSSR count). The van der Waals surface area contributed by atoms with Crippen LogP contribution >= 0.6 is 0 Å². The Hall–Kier alpha value is -4.29. The molecule has 1 saturated carbocycles. The minimum atomic E-state index is -0.928. The SMILES string of the molecule is CCCc1nc(-c2cccnc2)cn2c(C(Cc3cccnc3)C(=O)N[C@@H](CC3CCCCC3)[C@@H](O)C[C@H](C(=O)NCCOC)C(C)C)nnc12. The van der Waals surface area contributed by atoms with Crippen molar-refractivity contribution < 1.29 is 19.4 Å². The molecular formula is C39H54N8O4. The number of methoxy groups -OCH3 is 1. The minimum Gasteiger partial charge on any atom is -0.391 e. The number of rotatable bonds is 18. The van der Waals surface area contributed by atoms with Gasteiger partial charge in [0.15, 0.2) is 5.65 Å². The summed E-state index contributed by atoms with van der Waals surface area (Å²) >= 11 is 0. The van der Waals surface area contributed by atoms with Gasteiger partial charge in [0.25, 0.3) is 0 Å². The normalized spacial score (nSPS) is 16.1. The fraction of sp³-hybridized carbons (Fsp3) is 0.564. The van der Waals surface area contributed by atoms with E-state index in [0.29, 0.717) is 49.8 Å². The van der Waals surface area contributed by atoms with Crippen LogP contribution < -0.4 is 10.6 Å². The molecule has 3 N–H and O–H groups in total. The number of aliphatic hydroxyl groups is 1. The van der Waals surface area contributed by atoms with E-state index in [9.17, 15) is 14.7 Å². The summed E-state index contributed by atoms with van der Waals surface area (Å²) < 4.78 is 7.01. The third-order valence-corrected chi connectivity index (χ3v) is 10.1. The molecule has 12 nitrogen and oxygen atoms in total. The second-order valence-corrected chi connectivity index (χ2v) is 14.2. The monoisotopic (exact) mass is 698 g/mol. The molecule has 1 aliphatic carbocycles. The molecule has 0 aliphatic heterocycles. The number of carbonyl (C=O) groups is 2. The highest BCUT2D eigenvalue weighted by atomic mass is 16.5. The van der Waals surface area contributed by atoms with E-state index in [2.05, 4.69) is 37.7 Å². The summed E-state index contributed by atoms with van der Waals surface area (Å²) in [6.07, 6.45) is 16.3. The Morgan fingerprint density at radius 1 is 1.04 bits per heavy atom. The molecule has 0 radical (unpaired) electrons. The summed E-state index contributed by atoms with van der Waals surface area (Å²) in [5.41, 5.74) is 3.86. The third kappa shape index (κ3) is 10.2. The van der Waals surface area contributed by atoms with E-state index in [1.807, 2.05) is 48.7 Å². The number of aryl methyl sites for hydroxylation is 1. The van der Waals surface area contributed by atoms with Gasteiger partial charge in [-0.2, -0.15) is 0 Å². The highest BCUT2D eigenvalue weighted by molar-refractivity contribution is 5.84. The predicted octanol–water partition coefficient (Wildman–Crippen LogP) is 5.10. The maximum absolute atomic E-state index is 14.7. The number of nitrogens with zero attached hydrogens (tertiary/aromatic N) is 6. The van der Waals surface area contributed by atoms with Gasteiger partial charge in [-0.25, -0.2) is 4.98 Å². The predicted molar refractivity (Wildman–Crippen MR) is 196 cm³/mol. The maximum atomic E-state index is 14.7. The minimum absolute atomic E-state index is 0.00569. The topological polar surface area (TPSA) is 157 Å². The molecular weight excluding hydrogens is 644 g/mol. The van der Waals surface area contributed by atoms with Crippen molar-refractivity contribution in [3.63, 3.8) is 0 Å². The third-order valence-electron chi connectivity index (χ3n) is 10.1. The van der Waals surface area contributed by atoms with Gasteiger partial charge in [-0.1, -0.05) is 65.4 Å². The summed E-state index contributed by atoms with van der Waals surface area (Å²) in [5.74, 6) is -0.688. The van der Waals surface area contributed by atoms with Crippen LogP contribution in [-0.2, 0) is 27.2 Å². The van der Waals surface area contributed by atoms with E-state index >= 15 is 0 Å². The molecule has 0 aromatic carbocycles.